The summed E-state index contributed by atoms with van der Waals surface area (Å²) >= 11 is 0. The number of hydrazine groups is 1. The molecule has 0 bridgehead atoms. The number of carbonyl (C=O) groups excluding carboxylic acids is 1. The van der Waals surface area contributed by atoms with Gasteiger partial charge in [0.25, 0.3) is 5.91 Å². The molecule has 5 nitrogen and oxygen atoms in total. The van der Waals surface area contributed by atoms with Gasteiger partial charge in [0.05, 0.1) is 5.71 Å². The molecule has 5 heteroatoms. The van der Waals surface area contributed by atoms with E-state index >= 15 is 0 Å². The van der Waals surface area contributed by atoms with E-state index in [1.54, 1.807) is 0 Å². The van der Waals surface area contributed by atoms with Crippen LogP contribution in [0.3, 0.4) is 0 Å². The first kappa shape index (κ1) is 8.73. The lowest BCUT2D eigenvalue weighted by Gasteiger charge is -1.99. The molecule has 1 rings (SSSR count). The molecule has 0 saturated heterocycles. The van der Waals surface area contributed by atoms with E-state index in [9.17, 15) is 4.79 Å². The van der Waals surface area contributed by atoms with Gasteiger partial charge in [-0.15, -0.1) is 0 Å². The summed E-state index contributed by atoms with van der Waals surface area (Å²) < 4.78 is 0. The Bertz CT molecular complexity index is 267. The van der Waals surface area contributed by atoms with Crippen LogP contribution in [-0.2, 0) is 4.79 Å². The standard InChI is InChI=1S/C7H12N4O/c1-4-5(7(12)11-9)2-3-6(4)10-8/h2-3,8-9H2,1H3,(H,11,12). The molecule has 0 aromatic rings. The Morgan fingerprint density at radius 2 is 2.25 bits per heavy atom. The highest BCUT2D eigenvalue weighted by Crippen LogP contribution is 2.22. The zero-order valence-electron chi connectivity index (χ0n) is 6.92. The topological polar surface area (TPSA) is 93.5 Å². The summed E-state index contributed by atoms with van der Waals surface area (Å²) in [6.07, 6.45) is 1.40. The van der Waals surface area contributed by atoms with Crippen molar-refractivity contribution >= 4 is 11.6 Å². The average molecular weight is 168 g/mol. The van der Waals surface area contributed by atoms with Crippen LogP contribution in [0.2, 0.25) is 0 Å². The van der Waals surface area contributed by atoms with Gasteiger partial charge >= 0.3 is 0 Å². The number of nitrogens with one attached hydrogen (secondary N) is 1. The molecule has 1 amide bonds. The first-order chi connectivity index (χ1) is 5.70. The lowest BCUT2D eigenvalue weighted by molar-refractivity contribution is -0.117. The normalized spacial score (nSPS) is 20.3. The van der Waals surface area contributed by atoms with Gasteiger partial charge < -0.3 is 5.84 Å². The number of hydrogen-bond donors (Lipinski definition) is 3. The number of hydrogen-bond acceptors (Lipinski definition) is 4. The molecule has 12 heavy (non-hydrogen) atoms. The van der Waals surface area contributed by atoms with Gasteiger partial charge in [-0.05, 0) is 25.3 Å². The molecule has 0 radical (unpaired) electrons. The molecule has 66 valence electrons. The molecule has 0 aliphatic heterocycles. The number of rotatable bonds is 1. The lowest BCUT2D eigenvalue weighted by atomic mass is 10.1. The molecule has 1 aliphatic rings. The number of allylic oxidation sites excluding steroid dienone is 1. The molecule has 0 unspecified atom stereocenters. The van der Waals surface area contributed by atoms with Gasteiger partial charge in [-0.3, -0.25) is 10.2 Å². The summed E-state index contributed by atoms with van der Waals surface area (Å²) in [5.41, 5.74) is 4.40. The highest BCUT2D eigenvalue weighted by atomic mass is 16.2. The maximum atomic E-state index is 11.1. The second-order valence-corrected chi connectivity index (χ2v) is 2.65. The molecular weight excluding hydrogens is 156 g/mol. The fraction of sp³-hybridized carbons (Fsp3) is 0.429. The van der Waals surface area contributed by atoms with Crippen LogP contribution in [0.1, 0.15) is 19.8 Å². The third kappa shape index (κ3) is 1.31. The second-order valence-electron chi connectivity index (χ2n) is 2.65. The van der Waals surface area contributed by atoms with Crippen molar-refractivity contribution in [2.75, 3.05) is 0 Å². The summed E-state index contributed by atoms with van der Waals surface area (Å²) in [7, 11) is 0. The van der Waals surface area contributed by atoms with Gasteiger partial charge in [-0.25, -0.2) is 5.84 Å². The molecule has 0 saturated carbocycles. The van der Waals surface area contributed by atoms with Crippen molar-refractivity contribution in [3.63, 3.8) is 0 Å². The van der Waals surface area contributed by atoms with Gasteiger partial charge in [0.15, 0.2) is 0 Å². The van der Waals surface area contributed by atoms with Crippen molar-refractivity contribution in [3.05, 3.63) is 11.1 Å². The second kappa shape index (κ2) is 3.36. The molecule has 0 aromatic heterocycles. The zero-order valence-corrected chi connectivity index (χ0v) is 6.92. The lowest BCUT2D eigenvalue weighted by Crippen LogP contribution is -2.31. The molecule has 5 N–H and O–H groups in total. The Morgan fingerprint density at radius 1 is 1.58 bits per heavy atom. The Morgan fingerprint density at radius 3 is 2.67 bits per heavy atom. The van der Waals surface area contributed by atoms with Crippen molar-refractivity contribution in [2.45, 2.75) is 19.8 Å². The highest BCUT2D eigenvalue weighted by molar-refractivity contribution is 6.10. The van der Waals surface area contributed by atoms with Gasteiger partial charge in [-0.1, -0.05) is 0 Å². The Hall–Kier alpha value is -1.36. The summed E-state index contributed by atoms with van der Waals surface area (Å²) in [6.45, 7) is 1.82. The van der Waals surface area contributed by atoms with E-state index in [0.29, 0.717) is 12.0 Å². The number of nitrogens with two attached hydrogens (primary N) is 2. The Kier molecular flexibility index (Phi) is 2.44. The molecule has 0 heterocycles. The number of amides is 1. The molecule has 0 aromatic carbocycles. The van der Waals surface area contributed by atoms with Crippen LogP contribution in [0.15, 0.2) is 16.2 Å². The van der Waals surface area contributed by atoms with E-state index in [0.717, 1.165) is 17.7 Å². The summed E-state index contributed by atoms with van der Waals surface area (Å²) in [5, 5.41) is 3.57. The monoisotopic (exact) mass is 168 g/mol. The molecule has 0 atom stereocenters. The average Bonchev–Trinajstić information content (AvgIpc) is 2.45. The highest BCUT2D eigenvalue weighted by Gasteiger charge is 2.21. The molecular formula is C7H12N4O. The van der Waals surface area contributed by atoms with Crippen LogP contribution in [0.4, 0.5) is 0 Å². The van der Waals surface area contributed by atoms with E-state index < -0.39 is 0 Å². The third-order valence-corrected chi connectivity index (χ3v) is 2.06. The first-order valence-corrected chi connectivity index (χ1v) is 3.68. The molecule has 0 fully saturated rings. The smallest absolute Gasteiger partial charge is 0.261 e. The number of nitrogens with zero attached hydrogens (tertiary/aromatic N) is 1. The number of hydrazone groups is 1. The van der Waals surface area contributed by atoms with Crippen LogP contribution < -0.4 is 17.1 Å². The van der Waals surface area contributed by atoms with Crippen LogP contribution in [-0.4, -0.2) is 11.6 Å². The minimum Gasteiger partial charge on any atom is -0.323 e. The van der Waals surface area contributed by atoms with Crippen molar-refractivity contribution in [1.82, 2.24) is 5.43 Å². The van der Waals surface area contributed by atoms with Crippen LogP contribution in [0.5, 0.6) is 0 Å². The summed E-state index contributed by atoms with van der Waals surface area (Å²) in [5.74, 6) is 9.87. The first-order valence-electron chi connectivity index (χ1n) is 3.68. The third-order valence-electron chi connectivity index (χ3n) is 2.06. The predicted molar refractivity (Wildman–Crippen MR) is 45.9 cm³/mol. The maximum absolute atomic E-state index is 11.1. The Labute approximate surface area is 70.5 Å². The van der Waals surface area contributed by atoms with E-state index in [4.69, 9.17) is 11.7 Å². The summed E-state index contributed by atoms with van der Waals surface area (Å²) in [4.78, 5) is 11.1. The number of carbonyl (C=O) groups is 1. The van der Waals surface area contributed by atoms with E-state index in [1.807, 2.05) is 6.92 Å². The van der Waals surface area contributed by atoms with E-state index in [2.05, 4.69) is 10.5 Å². The van der Waals surface area contributed by atoms with E-state index in [-0.39, 0.29) is 5.91 Å². The van der Waals surface area contributed by atoms with Crippen LogP contribution in [0, 0.1) is 0 Å². The molecule has 1 aliphatic carbocycles. The minimum atomic E-state index is -0.244. The van der Waals surface area contributed by atoms with Crippen LogP contribution in [0.25, 0.3) is 0 Å². The zero-order chi connectivity index (χ0) is 9.14. The summed E-state index contributed by atoms with van der Waals surface area (Å²) in [6, 6.07) is 0. The fourth-order valence-electron chi connectivity index (χ4n) is 1.32. The molecule has 0 spiro atoms. The van der Waals surface area contributed by atoms with Crippen molar-refractivity contribution in [1.29, 1.82) is 0 Å². The Balaban J connectivity index is 2.92. The minimum absolute atomic E-state index is 0.244. The van der Waals surface area contributed by atoms with Gasteiger partial charge in [-0.2, -0.15) is 5.10 Å². The van der Waals surface area contributed by atoms with E-state index in [1.165, 1.54) is 0 Å². The quantitative estimate of drug-likeness (QED) is 0.277. The van der Waals surface area contributed by atoms with Gasteiger partial charge in [0.2, 0.25) is 0 Å². The van der Waals surface area contributed by atoms with Crippen molar-refractivity contribution in [2.24, 2.45) is 16.8 Å². The van der Waals surface area contributed by atoms with Gasteiger partial charge in [0, 0.05) is 5.57 Å². The fourth-order valence-corrected chi connectivity index (χ4v) is 1.32. The van der Waals surface area contributed by atoms with Crippen molar-refractivity contribution < 1.29 is 4.79 Å². The van der Waals surface area contributed by atoms with Gasteiger partial charge in [0.1, 0.15) is 0 Å². The SMILES string of the molecule is CC1=C(C(=O)NN)CCC1=NN. The largest absolute Gasteiger partial charge is 0.323 e. The predicted octanol–water partition coefficient (Wildman–Crippen LogP) is -0.599. The van der Waals surface area contributed by atoms with Crippen molar-refractivity contribution in [3.8, 4) is 0 Å². The van der Waals surface area contributed by atoms with Crippen LogP contribution >= 0.6 is 0 Å². The maximum Gasteiger partial charge on any atom is 0.261 e.